The third kappa shape index (κ3) is 2.76. The molecule has 0 fully saturated rings. The minimum Gasteiger partial charge on any atom is -0.493 e. The van der Waals surface area contributed by atoms with E-state index in [1.54, 1.807) is 12.1 Å². The Morgan fingerprint density at radius 2 is 1.71 bits per heavy atom. The first-order valence-electron chi connectivity index (χ1n) is 6.59. The number of ether oxygens (including phenoxy) is 1. The van der Waals surface area contributed by atoms with Gasteiger partial charge in [0, 0.05) is 5.56 Å². The highest BCUT2D eigenvalue weighted by atomic mass is 19.1. The van der Waals surface area contributed by atoms with Crippen molar-refractivity contribution in [2.75, 3.05) is 6.61 Å². The Morgan fingerprint density at radius 3 is 2.48 bits per heavy atom. The average molecular weight is 284 g/mol. The minimum atomic E-state index is -0.305. The molecule has 0 amide bonds. The molecule has 4 nitrogen and oxygen atoms in total. The minimum absolute atomic E-state index is 0.305. The van der Waals surface area contributed by atoms with Crippen LogP contribution in [-0.4, -0.2) is 16.8 Å². The average Bonchev–Trinajstić information content (AvgIpc) is 2.99. The second kappa shape index (κ2) is 5.75. The highest BCUT2D eigenvalue weighted by molar-refractivity contribution is 5.64. The second-order valence-corrected chi connectivity index (χ2v) is 4.35. The largest absolute Gasteiger partial charge is 0.493 e. The van der Waals surface area contributed by atoms with Crippen LogP contribution in [0.5, 0.6) is 5.75 Å². The van der Waals surface area contributed by atoms with Crippen molar-refractivity contribution in [3.05, 3.63) is 54.3 Å². The fraction of sp³-hybridized carbons (Fsp3) is 0.125. The maximum absolute atomic E-state index is 12.9. The van der Waals surface area contributed by atoms with E-state index < -0.39 is 0 Å². The molecule has 0 aliphatic carbocycles. The van der Waals surface area contributed by atoms with Crippen LogP contribution in [0.15, 0.2) is 52.9 Å². The van der Waals surface area contributed by atoms with Crippen molar-refractivity contribution in [1.82, 2.24) is 10.2 Å². The molecule has 0 saturated heterocycles. The molecular formula is C16H13FN2O2. The summed E-state index contributed by atoms with van der Waals surface area (Å²) in [4.78, 5) is 0. The lowest BCUT2D eigenvalue weighted by Gasteiger charge is -2.06. The number of rotatable bonds is 4. The predicted molar refractivity (Wildman–Crippen MR) is 76.3 cm³/mol. The third-order valence-electron chi connectivity index (χ3n) is 2.93. The SMILES string of the molecule is CCOc1ccccc1-c1nnc(-c2ccc(F)cc2)o1. The van der Waals surface area contributed by atoms with Gasteiger partial charge in [-0.1, -0.05) is 12.1 Å². The molecular weight excluding hydrogens is 271 g/mol. The highest BCUT2D eigenvalue weighted by Gasteiger charge is 2.14. The summed E-state index contributed by atoms with van der Waals surface area (Å²) in [6.45, 7) is 2.46. The van der Waals surface area contributed by atoms with Crippen LogP contribution in [0.1, 0.15) is 6.92 Å². The lowest BCUT2D eigenvalue weighted by Crippen LogP contribution is -1.93. The van der Waals surface area contributed by atoms with Gasteiger partial charge in [0.15, 0.2) is 0 Å². The molecule has 0 saturated carbocycles. The molecule has 2 aromatic carbocycles. The van der Waals surface area contributed by atoms with Crippen LogP contribution in [0.4, 0.5) is 4.39 Å². The monoisotopic (exact) mass is 284 g/mol. The molecule has 0 aliphatic heterocycles. The zero-order valence-electron chi connectivity index (χ0n) is 11.4. The van der Waals surface area contributed by atoms with E-state index in [-0.39, 0.29) is 5.82 Å². The quantitative estimate of drug-likeness (QED) is 0.728. The second-order valence-electron chi connectivity index (χ2n) is 4.35. The zero-order valence-corrected chi connectivity index (χ0v) is 11.4. The van der Waals surface area contributed by atoms with Gasteiger partial charge in [-0.2, -0.15) is 0 Å². The van der Waals surface area contributed by atoms with Gasteiger partial charge < -0.3 is 9.15 Å². The molecule has 21 heavy (non-hydrogen) atoms. The number of aromatic nitrogens is 2. The van der Waals surface area contributed by atoms with Crippen molar-refractivity contribution < 1.29 is 13.5 Å². The normalized spacial score (nSPS) is 10.6. The van der Waals surface area contributed by atoms with Crippen LogP contribution >= 0.6 is 0 Å². The van der Waals surface area contributed by atoms with E-state index in [1.165, 1.54) is 12.1 Å². The summed E-state index contributed by atoms with van der Waals surface area (Å²) in [7, 11) is 0. The summed E-state index contributed by atoms with van der Waals surface area (Å²) in [6, 6.07) is 13.4. The summed E-state index contributed by atoms with van der Waals surface area (Å²) in [5.74, 6) is 1.10. The Morgan fingerprint density at radius 1 is 1.00 bits per heavy atom. The van der Waals surface area contributed by atoms with Crippen LogP contribution in [0.25, 0.3) is 22.9 Å². The number of halogens is 1. The van der Waals surface area contributed by atoms with Crippen molar-refractivity contribution in [2.24, 2.45) is 0 Å². The maximum atomic E-state index is 12.9. The van der Waals surface area contributed by atoms with Gasteiger partial charge in [0.05, 0.1) is 12.2 Å². The summed E-state index contributed by atoms with van der Waals surface area (Å²) in [5.41, 5.74) is 1.41. The van der Waals surface area contributed by atoms with Crippen molar-refractivity contribution in [3.63, 3.8) is 0 Å². The summed E-state index contributed by atoms with van der Waals surface area (Å²) in [6.07, 6.45) is 0. The predicted octanol–water partition coefficient (Wildman–Crippen LogP) is 3.94. The first-order valence-corrected chi connectivity index (χ1v) is 6.59. The summed E-state index contributed by atoms with van der Waals surface area (Å²) < 4.78 is 24.1. The van der Waals surface area contributed by atoms with E-state index in [0.29, 0.717) is 29.7 Å². The van der Waals surface area contributed by atoms with Gasteiger partial charge in [-0.05, 0) is 43.3 Å². The van der Waals surface area contributed by atoms with E-state index >= 15 is 0 Å². The van der Waals surface area contributed by atoms with Crippen molar-refractivity contribution in [2.45, 2.75) is 6.92 Å². The van der Waals surface area contributed by atoms with Crippen molar-refractivity contribution in [1.29, 1.82) is 0 Å². The van der Waals surface area contributed by atoms with E-state index in [4.69, 9.17) is 9.15 Å². The molecule has 0 unspecified atom stereocenters. The topological polar surface area (TPSA) is 48.2 Å². The molecule has 0 atom stereocenters. The molecule has 3 aromatic rings. The Balaban J connectivity index is 1.97. The standard InChI is InChI=1S/C16H13FN2O2/c1-2-20-14-6-4-3-5-13(14)16-19-18-15(21-16)11-7-9-12(17)10-8-11/h3-10H,2H2,1H3. The number of hydrogen-bond donors (Lipinski definition) is 0. The zero-order chi connectivity index (χ0) is 14.7. The summed E-state index contributed by atoms with van der Waals surface area (Å²) in [5, 5.41) is 8.04. The van der Waals surface area contributed by atoms with E-state index in [2.05, 4.69) is 10.2 Å². The Bertz CT molecular complexity index is 738. The fourth-order valence-electron chi connectivity index (χ4n) is 1.97. The first-order chi connectivity index (χ1) is 10.3. The molecule has 0 aliphatic rings. The molecule has 3 rings (SSSR count). The number of nitrogens with zero attached hydrogens (tertiary/aromatic N) is 2. The third-order valence-corrected chi connectivity index (χ3v) is 2.93. The molecule has 0 bridgehead atoms. The van der Waals surface area contributed by atoms with Crippen LogP contribution in [0.3, 0.4) is 0 Å². The van der Waals surface area contributed by atoms with Crippen molar-refractivity contribution >= 4 is 0 Å². The van der Waals surface area contributed by atoms with E-state index in [9.17, 15) is 4.39 Å². The number of benzene rings is 2. The van der Waals surface area contributed by atoms with Gasteiger partial charge in [-0.15, -0.1) is 10.2 Å². The van der Waals surface area contributed by atoms with Gasteiger partial charge in [0.25, 0.3) is 5.89 Å². The lowest BCUT2D eigenvalue weighted by molar-refractivity contribution is 0.340. The number of para-hydroxylation sites is 1. The highest BCUT2D eigenvalue weighted by Crippen LogP contribution is 2.30. The Kier molecular flexibility index (Phi) is 3.64. The molecule has 0 radical (unpaired) electrons. The van der Waals surface area contributed by atoms with Crippen LogP contribution in [0, 0.1) is 5.82 Å². The molecule has 1 heterocycles. The summed E-state index contributed by atoms with van der Waals surface area (Å²) >= 11 is 0. The van der Waals surface area contributed by atoms with Gasteiger partial charge in [-0.25, -0.2) is 4.39 Å². The van der Waals surface area contributed by atoms with Crippen LogP contribution in [-0.2, 0) is 0 Å². The molecule has 5 heteroatoms. The van der Waals surface area contributed by atoms with Gasteiger partial charge in [0.2, 0.25) is 5.89 Å². The number of hydrogen-bond acceptors (Lipinski definition) is 4. The molecule has 106 valence electrons. The van der Waals surface area contributed by atoms with Gasteiger partial charge >= 0.3 is 0 Å². The van der Waals surface area contributed by atoms with Crippen LogP contribution < -0.4 is 4.74 Å². The van der Waals surface area contributed by atoms with Crippen LogP contribution in [0.2, 0.25) is 0 Å². The molecule has 0 N–H and O–H groups in total. The fourth-order valence-corrected chi connectivity index (χ4v) is 1.97. The molecule has 0 spiro atoms. The Hall–Kier alpha value is -2.69. The van der Waals surface area contributed by atoms with E-state index in [0.717, 1.165) is 5.56 Å². The molecule has 1 aromatic heterocycles. The maximum Gasteiger partial charge on any atom is 0.251 e. The smallest absolute Gasteiger partial charge is 0.251 e. The van der Waals surface area contributed by atoms with Crippen molar-refractivity contribution in [3.8, 4) is 28.7 Å². The van der Waals surface area contributed by atoms with Gasteiger partial charge in [0.1, 0.15) is 11.6 Å². The lowest BCUT2D eigenvalue weighted by atomic mass is 10.2. The Labute approximate surface area is 121 Å². The van der Waals surface area contributed by atoms with E-state index in [1.807, 2.05) is 31.2 Å². The first kappa shape index (κ1) is 13.3. The van der Waals surface area contributed by atoms with Gasteiger partial charge in [-0.3, -0.25) is 0 Å².